The molecule has 6 heteroatoms. The minimum Gasteiger partial charge on any atom is -0.497 e. The molecule has 0 saturated carbocycles. The fourth-order valence-electron chi connectivity index (χ4n) is 2.70. The molecule has 0 radical (unpaired) electrons. The minimum absolute atomic E-state index is 0.229. The first-order valence-corrected chi connectivity index (χ1v) is 8.61. The molecule has 0 aliphatic carbocycles. The SMILES string of the molecule is COc1ccc(C=NNC(=O)c2ccc(CN3CCOCC3)cc2)cc1. The Morgan fingerprint density at radius 3 is 2.50 bits per heavy atom. The molecule has 2 aromatic carbocycles. The molecule has 1 aliphatic heterocycles. The molecule has 1 amide bonds. The van der Waals surface area contributed by atoms with E-state index < -0.39 is 0 Å². The lowest BCUT2D eigenvalue weighted by Gasteiger charge is -2.26. The Balaban J connectivity index is 1.51. The Bertz CT molecular complexity index is 736. The van der Waals surface area contributed by atoms with Crippen LogP contribution in [0.3, 0.4) is 0 Å². The van der Waals surface area contributed by atoms with Gasteiger partial charge in [-0.05, 0) is 47.5 Å². The lowest BCUT2D eigenvalue weighted by molar-refractivity contribution is 0.0342. The number of nitrogens with one attached hydrogen (secondary N) is 1. The summed E-state index contributed by atoms with van der Waals surface area (Å²) in [4.78, 5) is 14.5. The van der Waals surface area contributed by atoms with E-state index in [1.807, 2.05) is 48.5 Å². The van der Waals surface area contributed by atoms with Gasteiger partial charge in [0.15, 0.2) is 0 Å². The molecule has 136 valence electrons. The van der Waals surface area contributed by atoms with Crippen LogP contribution in [0, 0.1) is 0 Å². The van der Waals surface area contributed by atoms with Gasteiger partial charge in [0.1, 0.15) is 5.75 Å². The monoisotopic (exact) mass is 353 g/mol. The maximum absolute atomic E-state index is 12.2. The lowest BCUT2D eigenvalue weighted by Crippen LogP contribution is -2.35. The third kappa shape index (κ3) is 5.15. The number of nitrogens with zero attached hydrogens (tertiary/aromatic N) is 2. The van der Waals surface area contributed by atoms with Crippen LogP contribution in [0.25, 0.3) is 0 Å². The number of carbonyl (C=O) groups excluding carboxylic acids is 1. The zero-order chi connectivity index (χ0) is 18.2. The van der Waals surface area contributed by atoms with Gasteiger partial charge in [0, 0.05) is 25.2 Å². The van der Waals surface area contributed by atoms with E-state index in [1.165, 1.54) is 5.56 Å². The molecule has 26 heavy (non-hydrogen) atoms. The van der Waals surface area contributed by atoms with Crippen LogP contribution in [0.5, 0.6) is 5.75 Å². The Kier molecular flexibility index (Phi) is 6.35. The minimum atomic E-state index is -0.229. The first kappa shape index (κ1) is 18.1. The zero-order valence-electron chi connectivity index (χ0n) is 14.9. The summed E-state index contributed by atoms with van der Waals surface area (Å²) in [7, 11) is 1.62. The second-order valence-corrected chi connectivity index (χ2v) is 6.06. The van der Waals surface area contributed by atoms with E-state index in [1.54, 1.807) is 13.3 Å². The topological polar surface area (TPSA) is 63.2 Å². The molecule has 0 aromatic heterocycles. The Morgan fingerprint density at radius 2 is 1.85 bits per heavy atom. The zero-order valence-corrected chi connectivity index (χ0v) is 14.9. The number of carbonyl (C=O) groups is 1. The average Bonchev–Trinajstić information content (AvgIpc) is 2.70. The van der Waals surface area contributed by atoms with Crippen LogP contribution in [-0.2, 0) is 11.3 Å². The number of methoxy groups -OCH3 is 1. The van der Waals surface area contributed by atoms with Crippen molar-refractivity contribution < 1.29 is 14.3 Å². The van der Waals surface area contributed by atoms with E-state index in [0.29, 0.717) is 5.56 Å². The standard InChI is InChI=1S/C20H23N3O3/c1-25-19-8-4-16(5-9-19)14-21-22-20(24)18-6-2-17(3-7-18)15-23-10-12-26-13-11-23/h2-9,14H,10-13,15H2,1H3,(H,22,24). The van der Waals surface area contributed by atoms with Gasteiger partial charge in [0.05, 0.1) is 26.5 Å². The molecular formula is C20H23N3O3. The molecule has 0 unspecified atom stereocenters. The average molecular weight is 353 g/mol. The maximum Gasteiger partial charge on any atom is 0.271 e. The Morgan fingerprint density at radius 1 is 1.15 bits per heavy atom. The molecule has 0 spiro atoms. The van der Waals surface area contributed by atoms with Crippen LogP contribution in [0.1, 0.15) is 21.5 Å². The summed E-state index contributed by atoms with van der Waals surface area (Å²) in [5.41, 5.74) is 5.20. The highest BCUT2D eigenvalue weighted by Crippen LogP contribution is 2.10. The summed E-state index contributed by atoms with van der Waals surface area (Å²) in [6, 6.07) is 15.0. The normalized spacial score (nSPS) is 15.1. The van der Waals surface area contributed by atoms with Crippen LogP contribution < -0.4 is 10.2 Å². The van der Waals surface area contributed by atoms with Crippen molar-refractivity contribution in [1.29, 1.82) is 0 Å². The van der Waals surface area contributed by atoms with Gasteiger partial charge in [-0.15, -0.1) is 0 Å². The van der Waals surface area contributed by atoms with E-state index >= 15 is 0 Å². The summed E-state index contributed by atoms with van der Waals surface area (Å²) in [6.45, 7) is 4.34. The van der Waals surface area contributed by atoms with Crippen molar-refractivity contribution in [2.24, 2.45) is 5.10 Å². The van der Waals surface area contributed by atoms with Crippen LogP contribution >= 0.6 is 0 Å². The van der Waals surface area contributed by atoms with Crippen molar-refractivity contribution in [2.75, 3.05) is 33.4 Å². The van der Waals surface area contributed by atoms with Crippen molar-refractivity contribution in [3.05, 3.63) is 65.2 Å². The third-order valence-electron chi connectivity index (χ3n) is 4.22. The highest BCUT2D eigenvalue weighted by atomic mass is 16.5. The molecule has 2 aromatic rings. The molecule has 1 aliphatic rings. The molecular weight excluding hydrogens is 330 g/mol. The maximum atomic E-state index is 12.2. The quantitative estimate of drug-likeness (QED) is 0.639. The van der Waals surface area contributed by atoms with Crippen molar-refractivity contribution in [3.8, 4) is 5.75 Å². The van der Waals surface area contributed by atoms with Gasteiger partial charge in [-0.1, -0.05) is 12.1 Å². The summed E-state index contributed by atoms with van der Waals surface area (Å²) in [5.74, 6) is 0.552. The van der Waals surface area contributed by atoms with Crippen molar-refractivity contribution >= 4 is 12.1 Å². The molecule has 0 atom stereocenters. The number of rotatable bonds is 6. The summed E-state index contributed by atoms with van der Waals surface area (Å²) in [6.07, 6.45) is 1.60. The van der Waals surface area contributed by atoms with Crippen LogP contribution in [-0.4, -0.2) is 50.4 Å². The first-order chi connectivity index (χ1) is 12.7. The molecule has 1 saturated heterocycles. The van der Waals surface area contributed by atoms with Crippen molar-refractivity contribution in [2.45, 2.75) is 6.54 Å². The van der Waals surface area contributed by atoms with Crippen molar-refractivity contribution in [3.63, 3.8) is 0 Å². The fourth-order valence-corrected chi connectivity index (χ4v) is 2.70. The second kappa shape index (κ2) is 9.12. The number of hydrogen-bond acceptors (Lipinski definition) is 5. The van der Waals surface area contributed by atoms with Gasteiger partial charge in [0.2, 0.25) is 0 Å². The Hall–Kier alpha value is -2.70. The summed E-state index contributed by atoms with van der Waals surface area (Å²) < 4.78 is 10.5. The number of amides is 1. The van der Waals surface area contributed by atoms with E-state index in [9.17, 15) is 4.79 Å². The van der Waals surface area contributed by atoms with Gasteiger partial charge >= 0.3 is 0 Å². The second-order valence-electron chi connectivity index (χ2n) is 6.06. The predicted molar refractivity (Wildman–Crippen MR) is 101 cm³/mol. The summed E-state index contributed by atoms with van der Waals surface area (Å²) >= 11 is 0. The van der Waals surface area contributed by atoms with Crippen molar-refractivity contribution in [1.82, 2.24) is 10.3 Å². The summed E-state index contributed by atoms with van der Waals surface area (Å²) in [5, 5.41) is 4.00. The lowest BCUT2D eigenvalue weighted by atomic mass is 10.1. The highest BCUT2D eigenvalue weighted by Gasteiger charge is 2.11. The third-order valence-corrected chi connectivity index (χ3v) is 4.22. The van der Waals surface area contributed by atoms with Crippen LogP contribution in [0.15, 0.2) is 53.6 Å². The largest absolute Gasteiger partial charge is 0.497 e. The number of ether oxygens (including phenoxy) is 2. The number of morpholine rings is 1. The van der Waals surface area contributed by atoms with Crippen LogP contribution in [0.2, 0.25) is 0 Å². The molecule has 6 nitrogen and oxygen atoms in total. The fraction of sp³-hybridized carbons (Fsp3) is 0.300. The molecule has 1 N–H and O–H groups in total. The molecule has 3 rings (SSSR count). The van der Waals surface area contributed by atoms with E-state index in [0.717, 1.165) is 44.2 Å². The van der Waals surface area contributed by atoms with Crippen LogP contribution in [0.4, 0.5) is 0 Å². The highest BCUT2D eigenvalue weighted by molar-refractivity contribution is 5.94. The number of hydrogen-bond donors (Lipinski definition) is 1. The van der Waals surface area contributed by atoms with Gasteiger partial charge in [0.25, 0.3) is 5.91 Å². The van der Waals surface area contributed by atoms with Gasteiger partial charge in [-0.25, -0.2) is 5.43 Å². The molecule has 1 heterocycles. The molecule has 1 fully saturated rings. The predicted octanol–water partition coefficient (Wildman–Crippen LogP) is 2.29. The number of benzene rings is 2. The first-order valence-electron chi connectivity index (χ1n) is 8.61. The smallest absolute Gasteiger partial charge is 0.271 e. The molecule has 0 bridgehead atoms. The van der Waals surface area contributed by atoms with E-state index in [4.69, 9.17) is 9.47 Å². The number of hydrazone groups is 1. The van der Waals surface area contributed by atoms with Gasteiger partial charge < -0.3 is 9.47 Å². The van der Waals surface area contributed by atoms with E-state index in [2.05, 4.69) is 15.4 Å². The van der Waals surface area contributed by atoms with E-state index in [-0.39, 0.29) is 5.91 Å². The van der Waals surface area contributed by atoms with Gasteiger partial charge in [-0.2, -0.15) is 5.10 Å². The van der Waals surface area contributed by atoms with Gasteiger partial charge in [-0.3, -0.25) is 9.69 Å². The Labute approximate surface area is 153 Å².